The Morgan fingerprint density at radius 2 is 2.07 bits per heavy atom. The Hall–Kier alpha value is -3.66. The monoisotopic (exact) mass is 424 g/mol. The fourth-order valence-corrected chi connectivity index (χ4v) is 3.07. The normalized spacial score (nSPS) is 15.2. The number of hydrogen-bond donors (Lipinski definition) is 4. The van der Waals surface area contributed by atoms with Crippen molar-refractivity contribution in [2.75, 3.05) is 5.32 Å². The summed E-state index contributed by atoms with van der Waals surface area (Å²) in [4.78, 5) is 29.9. The third-order valence-electron chi connectivity index (χ3n) is 4.62. The molecule has 4 aromatic rings. The Balaban J connectivity index is 1.58. The van der Waals surface area contributed by atoms with Gasteiger partial charge in [-0.1, -0.05) is 23.7 Å². The van der Waals surface area contributed by atoms with Crippen molar-refractivity contribution >= 4 is 29.3 Å². The number of rotatable bonds is 5. The molecule has 0 spiro atoms. The van der Waals surface area contributed by atoms with E-state index in [-0.39, 0.29) is 17.6 Å². The molecule has 0 aliphatic heterocycles. The van der Waals surface area contributed by atoms with E-state index in [4.69, 9.17) is 11.6 Å². The highest BCUT2D eigenvalue weighted by Crippen LogP contribution is 2.22. The molecule has 1 fully saturated rings. The smallest absolute Gasteiger partial charge is 0.326 e. The van der Waals surface area contributed by atoms with E-state index in [9.17, 15) is 9.90 Å². The lowest BCUT2D eigenvalue weighted by atomic mass is 10.2. The fourth-order valence-electron chi connectivity index (χ4n) is 2.94. The summed E-state index contributed by atoms with van der Waals surface area (Å²) in [7, 11) is 0. The first-order valence-corrected chi connectivity index (χ1v) is 9.74. The SMILES string of the molecule is O=c1[nH]c(O)c(/C=c2/cnn3c(=NC4CC4)nc(NCc4ccc(Cl)cc4)nc23)[nH]1. The zero-order valence-electron chi connectivity index (χ0n) is 15.6. The van der Waals surface area contributed by atoms with Crippen molar-refractivity contribution in [1.29, 1.82) is 0 Å². The summed E-state index contributed by atoms with van der Waals surface area (Å²) >= 11 is 5.94. The number of hydrogen-bond acceptors (Lipinski definition) is 7. The number of anilines is 1. The number of aromatic amines is 2. The number of benzene rings is 1. The summed E-state index contributed by atoms with van der Waals surface area (Å²) in [6.45, 7) is 0.509. The average molecular weight is 425 g/mol. The molecule has 4 N–H and O–H groups in total. The average Bonchev–Trinajstić information content (AvgIpc) is 3.36. The third-order valence-corrected chi connectivity index (χ3v) is 4.87. The number of aromatic nitrogens is 6. The maximum Gasteiger partial charge on any atom is 0.326 e. The molecule has 1 aromatic carbocycles. The van der Waals surface area contributed by atoms with Crippen molar-refractivity contribution in [2.45, 2.75) is 25.4 Å². The van der Waals surface area contributed by atoms with Crippen LogP contribution in [0.4, 0.5) is 5.95 Å². The van der Waals surface area contributed by atoms with Gasteiger partial charge in [-0.25, -0.2) is 9.79 Å². The largest absolute Gasteiger partial charge is 0.493 e. The first kappa shape index (κ1) is 18.4. The Morgan fingerprint density at radius 3 is 2.77 bits per heavy atom. The number of nitrogens with zero attached hydrogens (tertiary/aromatic N) is 5. The van der Waals surface area contributed by atoms with Crippen molar-refractivity contribution in [3.8, 4) is 5.88 Å². The van der Waals surface area contributed by atoms with E-state index >= 15 is 0 Å². The van der Waals surface area contributed by atoms with Crippen LogP contribution >= 0.6 is 11.6 Å². The molecule has 0 radical (unpaired) electrons. The van der Waals surface area contributed by atoms with E-state index in [0.717, 1.165) is 18.4 Å². The quantitative estimate of drug-likeness (QED) is 0.372. The van der Waals surface area contributed by atoms with E-state index in [1.165, 1.54) is 0 Å². The molecule has 0 amide bonds. The minimum atomic E-state index is -0.500. The van der Waals surface area contributed by atoms with E-state index in [0.29, 0.717) is 34.0 Å². The lowest BCUT2D eigenvalue weighted by Crippen LogP contribution is -2.24. The molecule has 1 aliphatic rings. The molecule has 5 rings (SSSR count). The lowest BCUT2D eigenvalue weighted by Gasteiger charge is -2.05. The minimum Gasteiger partial charge on any atom is -0.493 e. The third kappa shape index (κ3) is 3.77. The van der Waals surface area contributed by atoms with Gasteiger partial charge in [-0.15, -0.1) is 0 Å². The Bertz CT molecular complexity index is 1400. The zero-order valence-corrected chi connectivity index (χ0v) is 16.4. The van der Waals surface area contributed by atoms with Gasteiger partial charge in [-0.3, -0.25) is 4.98 Å². The van der Waals surface area contributed by atoms with E-state index in [1.807, 2.05) is 24.3 Å². The van der Waals surface area contributed by atoms with Gasteiger partial charge in [-0.2, -0.15) is 19.6 Å². The molecule has 11 heteroatoms. The first-order chi connectivity index (χ1) is 14.5. The van der Waals surface area contributed by atoms with Crippen LogP contribution in [-0.2, 0) is 6.54 Å². The van der Waals surface area contributed by atoms with E-state index in [1.54, 1.807) is 16.8 Å². The van der Waals surface area contributed by atoms with Crippen LogP contribution < -0.4 is 21.8 Å². The van der Waals surface area contributed by atoms with Crippen molar-refractivity contribution in [3.05, 3.63) is 68.1 Å². The maximum absolute atomic E-state index is 11.4. The molecule has 0 saturated heterocycles. The molecule has 1 aliphatic carbocycles. The van der Waals surface area contributed by atoms with Gasteiger partial charge in [0.2, 0.25) is 11.8 Å². The minimum absolute atomic E-state index is 0.241. The highest BCUT2D eigenvalue weighted by atomic mass is 35.5. The van der Waals surface area contributed by atoms with Gasteiger partial charge in [0.15, 0.2) is 5.65 Å². The fraction of sp³-hybridized carbons (Fsp3) is 0.211. The second-order valence-electron chi connectivity index (χ2n) is 7.01. The van der Waals surface area contributed by atoms with Gasteiger partial charge in [0, 0.05) is 16.8 Å². The molecule has 0 bridgehead atoms. The predicted octanol–water partition coefficient (Wildman–Crippen LogP) is 0.723. The number of nitrogens with one attached hydrogen (secondary N) is 3. The van der Waals surface area contributed by atoms with Crippen LogP contribution in [0.3, 0.4) is 0 Å². The molecule has 30 heavy (non-hydrogen) atoms. The highest BCUT2D eigenvalue weighted by Gasteiger charge is 2.21. The number of H-pyrrole nitrogens is 2. The summed E-state index contributed by atoms with van der Waals surface area (Å²) in [5.41, 5.74) is 1.72. The van der Waals surface area contributed by atoms with Gasteiger partial charge >= 0.3 is 5.69 Å². The van der Waals surface area contributed by atoms with Crippen LogP contribution in [0.1, 0.15) is 24.1 Å². The van der Waals surface area contributed by atoms with Crippen LogP contribution in [0.2, 0.25) is 5.02 Å². The van der Waals surface area contributed by atoms with Crippen LogP contribution in [0.25, 0.3) is 11.7 Å². The molecule has 3 aromatic heterocycles. The molecule has 3 heterocycles. The first-order valence-electron chi connectivity index (χ1n) is 9.36. The van der Waals surface area contributed by atoms with Gasteiger partial charge in [-0.05, 0) is 36.6 Å². The van der Waals surface area contributed by atoms with E-state index < -0.39 is 5.69 Å². The molecule has 0 atom stereocenters. The second kappa shape index (κ2) is 7.30. The van der Waals surface area contributed by atoms with Gasteiger partial charge < -0.3 is 15.4 Å². The molecular weight excluding hydrogens is 408 g/mol. The highest BCUT2D eigenvalue weighted by molar-refractivity contribution is 6.30. The van der Waals surface area contributed by atoms with Crippen molar-refractivity contribution < 1.29 is 5.11 Å². The van der Waals surface area contributed by atoms with Crippen LogP contribution in [0.15, 0.2) is 40.2 Å². The topological polar surface area (TPSA) is 136 Å². The van der Waals surface area contributed by atoms with Gasteiger partial charge in [0.1, 0.15) is 5.69 Å². The number of fused-ring (bicyclic) bond motifs is 1. The lowest BCUT2D eigenvalue weighted by molar-refractivity contribution is 0.454. The van der Waals surface area contributed by atoms with Crippen LogP contribution in [-0.4, -0.2) is 40.7 Å². The summed E-state index contributed by atoms with van der Waals surface area (Å²) in [6, 6.07) is 7.74. The molecule has 10 nitrogen and oxygen atoms in total. The molecular formula is C19H17ClN8O2. The standard InChI is InChI=1S/C19H17ClN8O2/c20-12-3-1-10(2-4-12)8-21-17-25-15-11(7-14-16(29)26-19(30)24-14)9-22-28(15)18(27-17)23-13-5-6-13/h1-4,7,9,13,29H,5-6,8H2,(H,21,23,27)(H2,24,26,30)/b11-7-. The van der Waals surface area contributed by atoms with Gasteiger partial charge in [0.25, 0.3) is 5.62 Å². The summed E-state index contributed by atoms with van der Waals surface area (Å²) in [5.74, 6) is 0.149. The Morgan fingerprint density at radius 1 is 1.27 bits per heavy atom. The van der Waals surface area contributed by atoms with E-state index in [2.05, 4.69) is 35.3 Å². The van der Waals surface area contributed by atoms with Crippen molar-refractivity contribution in [3.63, 3.8) is 0 Å². The molecule has 152 valence electrons. The summed E-state index contributed by atoms with van der Waals surface area (Å²) in [6.07, 6.45) is 5.23. The molecule has 1 saturated carbocycles. The Labute approximate surface area is 174 Å². The van der Waals surface area contributed by atoms with Crippen LogP contribution in [0.5, 0.6) is 5.88 Å². The number of imidazole rings is 1. The maximum atomic E-state index is 11.4. The van der Waals surface area contributed by atoms with Gasteiger partial charge in [0.05, 0.1) is 12.2 Å². The van der Waals surface area contributed by atoms with Crippen molar-refractivity contribution in [2.24, 2.45) is 4.99 Å². The second-order valence-corrected chi connectivity index (χ2v) is 7.45. The molecule has 0 unspecified atom stereocenters. The number of halogens is 1. The van der Waals surface area contributed by atoms with Crippen molar-refractivity contribution in [1.82, 2.24) is 29.5 Å². The Kier molecular flexibility index (Phi) is 4.47. The summed E-state index contributed by atoms with van der Waals surface area (Å²) in [5, 5.41) is 18.7. The van der Waals surface area contributed by atoms with Crippen LogP contribution in [0, 0.1) is 0 Å². The zero-order chi connectivity index (χ0) is 20.7. The number of aromatic hydroxyl groups is 1. The summed E-state index contributed by atoms with van der Waals surface area (Å²) < 4.78 is 1.55. The predicted molar refractivity (Wildman–Crippen MR) is 110 cm³/mol.